The van der Waals surface area contributed by atoms with Crippen molar-refractivity contribution in [2.75, 3.05) is 6.54 Å². The fourth-order valence-corrected chi connectivity index (χ4v) is 4.68. The van der Waals surface area contributed by atoms with Crippen molar-refractivity contribution in [1.29, 1.82) is 0 Å². The zero-order chi connectivity index (χ0) is 14.9. The predicted octanol–water partition coefficient (Wildman–Crippen LogP) is 1.78. The Bertz CT molecular complexity index is 747. The van der Waals surface area contributed by atoms with Crippen LogP contribution in [-0.4, -0.2) is 25.5 Å². The lowest BCUT2D eigenvalue weighted by Crippen LogP contribution is -2.51. The quantitative estimate of drug-likeness (QED) is 0.901. The second-order valence-electron chi connectivity index (χ2n) is 5.63. The Kier molecular flexibility index (Phi) is 3.69. The first-order chi connectivity index (χ1) is 10.1. The first-order valence-electron chi connectivity index (χ1n) is 7.14. The van der Waals surface area contributed by atoms with E-state index in [2.05, 4.69) is 9.71 Å². The number of nitrogens with one attached hydrogen (secondary N) is 1. The van der Waals surface area contributed by atoms with E-state index in [4.69, 9.17) is 5.73 Å². The van der Waals surface area contributed by atoms with Gasteiger partial charge in [-0.15, -0.1) is 0 Å². The molecule has 2 aromatic rings. The minimum atomic E-state index is -3.63. The van der Waals surface area contributed by atoms with Crippen LogP contribution < -0.4 is 10.5 Å². The summed E-state index contributed by atoms with van der Waals surface area (Å²) in [7, 11) is -3.63. The van der Waals surface area contributed by atoms with Gasteiger partial charge in [0.05, 0.1) is 5.52 Å². The molecule has 1 heterocycles. The van der Waals surface area contributed by atoms with Crippen LogP contribution in [0.1, 0.15) is 25.7 Å². The van der Waals surface area contributed by atoms with Crippen LogP contribution >= 0.6 is 0 Å². The molecule has 0 spiro atoms. The van der Waals surface area contributed by atoms with Gasteiger partial charge in [0.25, 0.3) is 0 Å². The van der Waals surface area contributed by atoms with Gasteiger partial charge in [-0.1, -0.05) is 31.0 Å². The normalized spacial score (nSPS) is 18.1. The van der Waals surface area contributed by atoms with Crippen LogP contribution in [0.3, 0.4) is 0 Å². The molecule has 0 radical (unpaired) electrons. The minimum Gasteiger partial charge on any atom is -0.329 e. The summed E-state index contributed by atoms with van der Waals surface area (Å²) in [4.78, 5) is 4.44. The topological polar surface area (TPSA) is 85.1 Å². The summed E-state index contributed by atoms with van der Waals surface area (Å²) in [5.41, 5.74) is 5.82. The number of sulfonamides is 1. The van der Waals surface area contributed by atoms with Crippen molar-refractivity contribution in [3.8, 4) is 0 Å². The maximum Gasteiger partial charge on any atom is 0.243 e. The number of pyridine rings is 1. The average molecular weight is 305 g/mol. The Balaban J connectivity index is 2.04. The molecular weight excluding hydrogens is 286 g/mol. The molecule has 3 N–H and O–H groups in total. The molecule has 1 saturated carbocycles. The van der Waals surface area contributed by atoms with Crippen molar-refractivity contribution in [2.24, 2.45) is 5.73 Å². The van der Waals surface area contributed by atoms with E-state index in [1.54, 1.807) is 24.4 Å². The molecule has 21 heavy (non-hydrogen) atoms. The summed E-state index contributed by atoms with van der Waals surface area (Å²) >= 11 is 0. The molecule has 0 aliphatic heterocycles. The summed E-state index contributed by atoms with van der Waals surface area (Å²) in [6.07, 6.45) is 5.21. The van der Waals surface area contributed by atoms with Crippen molar-refractivity contribution in [3.63, 3.8) is 0 Å². The van der Waals surface area contributed by atoms with E-state index in [0.29, 0.717) is 12.1 Å². The number of rotatable bonds is 4. The zero-order valence-corrected chi connectivity index (χ0v) is 12.6. The number of benzene rings is 1. The SMILES string of the molecule is NCC1(NS(=O)(=O)c2cccc3cccnc23)CCCC1. The monoisotopic (exact) mass is 305 g/mol. The zero-order valence-electron chi connectivity index (χ0n) is 11.7. The Hall–Kier alpha value is -1.50. The van der Waals surface area contributed by atoms with E-state index in [-0.39, 0.29) is 4.90 Å². The molecule has 3 rings (SSSR count). The molecule has 1 aliphatic carbocycles. The fourth-order valence-electron chi connectivity index (χ4n) is 3.03. The second kappa shape index (κ2) is 5.36. The van der Waals surface area contributed by atoms with Gasteiger partial charge in [-0.25, -0.2) is 13.1 Å². The van der Waals surface area contributed by atoms with Crippen LogP contribution in [0.15, 0.2) is 41.4 Å². The van der Waals surface area contributed by atoms with Crippen LogP contribution in [0, 0.1) is 0 Å². The van der Waals surface area contributed by atoms with Gasteiger partial charge in [-0.2, -0.15) is 0 Å². The van der Waals surface area contributed by atoms with Crippen LogP contribution in [0.2, 0.25) is 0 Å². The van der Waals surface area contributed by atoms with E-state index in [9.17, 15) is 8.42 Å². The third kappa shape index (κ3) is 2.66. The van der Waals surface area contributed by atoms with Crippen molar-refractivity contribution in [1.82, 2.24) is 9.71 Å². The van der Waals surface area contributed by atoms with E-state index >= 15 is 0 Å². The van der Waals surface area contributed by atoms with Gasteiger partial charge in [0, 0.05) is 23.7 Å². The number of nitrogens with two attached hydrogens (primary N) is 1. The maximum atomic E-state index is 12.8. The molecule has 1 aliphatic rings. The van der Waals surface area contributed by atoms with Gasteiger partial charge < -0.3 is 5.73 Å². The van der Waals surface area contributed by atoms with E-state index in [1.807, 2.05) is 12.1 Å². The molecule has 1 aromatic carbocycles. The molecule has 0 unspecified atom stereocenters. The highest BCUT2D eigenvalue weighted by Gasteiger charge is 2.37. The third-order valence-electron chi connectivity index (χ3n) is 4.19. The lowest BCUT2D eigenvalue weighted by atomic mass is 10.0. The van der Waals surface area contributed by atoms with Crippen LogP contribution in [-0.2, 0) is 10.0 Å². The lowest BCUT2D eigenvalue weighted by Gasteiger charge is -2.28. The molecule has 112 valence electrons. The molecule has 1 fully saturated rings. The minimum absolute atomic E-state index is 0.223. The van der Waals surface area contributed by atoms with Gasteiger partial charge in [0.15, 0.2) is 0 Å². The van der Waals surface area contributed by atoms with E-state index < -0.39 is 15.6 Å². The number of hydrogen-bond acceptors (Lipinski definition) is 4. The summed E-state index contributed by atoms with van der Waals surface area (Å²) in [5.74, 6) is 0. The predicted molar refractivity (Wildman–Crippen MR) is 82.3 cm³/mol. The summed E-state index contributed by atoms with van der Waals surface area (Å²) in [6, 6.07) is 8.84. The van der Waals surface area contributed by atoms with E-state index in [1.165, 1.54) is 0 Å². The van der Waals surface area contributed by atoms with Crippen LogP contribution in [0.5, 0.6) is 0 Å². The summed E-state index contributed by atoms with van der Waals surface area (Å²) in [5, 5.41) is 0.814. The molecule has 0 saturated heterocycles. The van der Waals surface area contributed by atoms with Crippen LogP contribution in [0.4, 0.5) is 0 Å². The summed E-state index contributed by atoms with van der Waals surface area (Å²) in [6.45, 7) is 0.324. The standard InChI is InChI=1S/C15H19N3O2S/c16-11-15(8-1-2-9-15)18-21(19,20)13-7-3-5-12-6-4-10-17-14(12)13/h3-7,10,18H,1-2,8-9,11,16H2. The highest BCUT2D eigenvalue weighted by Crippen LogP contribution is 2.31. The van der Waals surface area contributed by atoms with Gasteiger partial charge in [0.1, 0.15) is 4.90 Å². The maximum absolute atomic E-state index is 12.8. The third-order valence-corrected chi connectivity index (χ3v) is 5.80. The van der Waals surface area contributed by atoms with Gasteiger partial charge >= 0.3 is 0 Å². The Morgan fingerprint density at radius 1 is 1.19 bits per heavy atom. The molecule has 0 bridgehead atoms. The smallest absolute Gasteiger partial charge is 0.243 e. The highest BCUT2D eigenvalue weighted by molar-refractivity contribution is 7.89. The van der Waals surface area contributed by atoms with Crippen molar-refractivity contribution >= 4 is 20.9 Å². The molecule has 0 amide bonds. The van der Waals surface area contributed by atoms with Crippen molar-refractivity contribution in [2.45, 2.75) is 36.1 Å². The molecule has 6 heteroatoms. The first-order valence-corrected chi connectivity index (χ1v) is 8.62. The Morgan fingerprint density at radius 3 is 2.62 bits per heavy atom. The number of nitrogens with zero attached hydrogens (tertiary/aromatic N) is 1. The number of para-hydroxylation sites is 1. The van der Waals surface area contributed by atoms with Crippen molar-refractivity contribution < 1.29 is 8.42 Å². The number of aromatic nitrogens is 1. The molecule has 1 aromatic heterocycles. The molecular formula is C15H19N3O2S. The molecule has 0 atom stereocenters. The van der Waals surface area contributed by atoms with Crippen molar-refractivity contribution in [3.05, 3.63) is 36.5 Å². The second-order valence-corrected chi connectivity index (χ2v) is 7.28. The van der Waals surface area contributed by atoms with Gasteiger partial charge in [0.2, 0.25) is 10.0 Å². The number of hydrogen-bond donors (Lipinski definition) is 2. The largest absolute Gasteiger partial charge is 0.329 e. The highest BCUT2D eigenvalue weighted by atomic mass is 32.2. The molecule has 5 nitrogen and oxygen atoms in total. The average Bonchev–Trinajstić information content (AvgIpc) is 2.95. The first kappa shape index (κ1) is 14.4. The van der Waals surface area contributed by atoms with Crippen LogP contribution in [0.25, 0.3) is 10.9 Å². The fraction of sp³-hybridized carbons (Fsp3) is 0.400. The summed E-state index contributed by atoms with van der Waals surface area (Å²) < 4.78 is 28.4. The lowest BCUT2D eigenvalue weighted by molar-refractivity contribution is 0.399. The van der Waals surface area contributed by atoms with E-state index in [0.717, 1.165) is 31.1 Å². The number of fused-ring (bicyclic) bond motifs is 1. The van der Waals surface area contributed by atoms with Gasteiger partial charge in [-0.3, -0.25) is 4.98 Å². The van der Waals surface area contributed by atoms with Gasteiger partial charge in [-0.05, 0) is 25.0 Å². The Morgan fingerprint density at radius 2 is 1.90 bits per heavy atom. The Labute approximate surface area is 124 Å².